The van der Waals surface area contributed by atoms with Crippen molar-refractivity contribution in [3.63, 3.8) is 0 Å². The number of ether oxygens (including phenoxy) is 7. The zero-order chi connectivity index (χ0) is 46.1. The van der Waals surface area contributed by atoms with Gasteiger partial charge in [-0.3, -0.25) is 4.79 Å². The Morgan fingerprint density at radius 1 is 0.688 bits per heavy atom. The molecule has 3 aliphatic rings. The number of hydrogen-bond donors (Lipinski definition) is 12. The first-order valence-electron chi connectivity index (χ1n) is 19.7. The minimum absolute atomic E-state index is 0.0193. The Bertz CT molecular complexity index is 2330. The predicted molar refractivity (Wildman–Crippen MR) is 212 cm³/mol. The highest BCUT2D eigenvalue weighted by Crippen LogP contribution is 2.39. The number of aromatic hydroxyl groups is 3. The minimum atomic E-state index is -1.95. The van der Waals surface area contributed by atoms with Gasteiger partial charge in [0.05, 0.1) is 12.7 Å². The number of aliphatic hydroxyl groups is 9. The minimum Gasteiger partial charge on any atom is -0.508 e. The first-order chi connectivity index (χ1) is 30.4. The molecule has 3 aromatic carbocycles. The zero-order valence-electron chi connectivity index (χ0n) is 33.5. The van der Waals surface area contributed by atoms with Crippen molar-refractivity contribution < 1.29 is 104 Å². The summed E-state index contributed by atoms with van der Waals surface area (Å²) in [4.78, 5) is 26.5. The van der Waals surface area contributed by atoms with Crippen LogP contribution >= 0.6 is 0 Å². The topological polar surface area (TPSA) is 355 Å². The summed E-state index contributed by atoms with van der Waals surface area (Å²) in [7, 11) is 0. The highest BCUT2D eigenvalue weighted by atomic mass is 16.7. The molecule has 3 aliphatic heterocycles. The van der Waals surface area contributed by atoms with Crippen molar-refractivity contribution in [1.29, 1.82) is 0 Å². The lowest BCUT2D eigenvalue weighted by Crippen LogP contribution is -2.64. The van der Waals surface area contributed by atoms with Gasteiger partial charge in [0.25, 0.3) is 0 Å². The van der Waals surface area contributed by atoms with Crippen LogP contribution in [0.2, 0.25) is 0 Å². The maximum absolute atomic E-state index is 14.1. The number of carbonyl (C=O) groups is 1. The molecule has 12 N–H and O–H groups in total. The van der Waals surface area contributed by atoms with Crippen LogP contribution in [0.1, 0.15) is 12.5 Å². The Kier molecular flexibility index (Phi) is 14.1. The highest BCUT2D eigenvalue weighted by Gasteiger charge is 2.51. The Labute approximate surface area is 361 Å². The van der Waals surface area contributed by atoms with Gasteiger partial charge in [-0.25, -0.2) is 4.79 Å². The lowest BCUT2D eigenvalue weighted by Gasteiger charge is -2.45. The van der Waals surface area contributed by atoms with Crippen molar-refractivity contribution in [1.82, 2.24) is 0 Å². The van der Waals surface area contributed by atoms with Gasteiger partial charge in [-0.15, -0.1) is 0 Å². The van der Waals surface area contributed by atoms with E-state index in [1.807, 2.05) is 0 Å². The summed E-state index contributed by atoms with van der Waals surface area (Å²) in [5, 5.41) is 125. The molecule has 3 saturated heterocycles. The number of benzene rings is 3. The third kappa shape index (κ3) is 9.64. The van der Waals surface area contributed by atoms with Crippen LogP contribution in [0.3, 0.4) is 0 Å². The molecule has 1 aromatic heterocycles. The fourth-order valence-corrected chi connectivity index (χ4v) is 7.19. The second-order valence-electron chi connectivity index (χ2n) is 15.2. The average Bonchev–Trinajstić information content (AvgIpc) is 3.27. The van der Waals surface area contributed by atoms with Crippen LogP contribution in [0, 0.1) is 0 Å². The predicted octanol–water partition coefficient (Wildman–Crippen LogP) is -1.95. The standard InChI is InChI=1S/C42H46O22/c1-16-28(48)38(63-41-35(55)33(53)30(50)25(62-41)15-57-26(47)11-4-17-2-7-19(44)8-3-17)36(56)42(58-16)59-21-12-22(46)27-23(13-21)60-37(18-5-9-20(45)10-6-18)39(31(27)51)64-40-34(54)32(52)29(49)24(14-43)61-40/h2-13,16,24-25,28-30,32-36,38,40-46,48-50,52-56H,14-15H2,1H3. The second-order valence-corrected chi connectivity index (χ2v) is 15.2. The molecule has 0 amide bonds. The number of carbonyl (C=O) groups excluding carboxylic acids is 1. The summed E-state index contributed by atoms with van der Waals surface area (Å²) >= 11 is 0. The van der Waals surface area contributed by atoms with Crippen LogP contribution < -0.4 is 14.9 Å². The van der Waals surface area contributed by atoms with E-state index in [0.29, 0.717) is 5.56 Å². The monoisotopic (exact) mass is 902 g/mol. The van der Waals surface area contributed by atoms with Crippen LogP contribution in [0.4, 0.5) is 0 Å². The van der Waals surface area contributed by atoms with Crippen LogP contribution in [-0.4, -0.2) is 173 Å². The van der Waals surface area contributed by atoms with Gasteiger partial charge in [0.1, 0.15) is 108 Å². The number of esters is 1. The van der Waals surface area contributed by atoms with Gasteiger partial charge in [-0.1, -0.05) is 12.1 Å². The quantitative estimate of drug-likeness (QED) is 0.0543. The molecular weight excluding hydrogens is 856 g/mol. The summed E-state index contributed by atoms with van der Waals surface area (Å²) in [5.74, 6) is -3.07. The molecule has 0 radical (unpaired) electrons. The van der Waals surface area contributed by atoms with E-state index in [0.717, 1.165) is 18.2 Å². The van der Waals surface area contributed by atoms with Crippen LogP contribution in [-0.2, 0) is 28.5 Å². The molecule has 15 atom stereocenters. The second kappa shape index (κ2) is 19.3. The van der Waals surface area contributed by atoms with E-state index in [1.54, 1.807) is 0 Å². The number of phenols is 3. The van der Waals surface area contributed by atoms with Crippen molar-refractivity contribution in [2.24, 2.45) is 0 Å². The molecule has 22 heteroatoms. The first-order valence-corrected chi connectivity index (χ1v) is 19.7. The summed E-state index contributed by atoms with van der Waals surface area (Å²) in [5.41, 5.74) is -0.712. The number of fused-ring (bicyclic) bond motifs is 1. The summed E-state index contributed by atoms with van der Waals surface area (Å²) in [6, 6.07) is 13.1. The summed E-state index contributed by atoms with van der Waals surface area (Å²) in [6.07, 6.45) is -23.5. The summed E-state index contributed by atoms with van der Waals surface area (Å²) < 4.78 is 45.3. The molecule has 0 spiro atoms. The number of rotatable bonds is 12. The normalized spacial score (nSPS) is 33.2. The fraction of sp³-hybridized carbons (Fsp3) is 0.429. The molecule has 64 heavy (non-hydrogen) atoms. The van der Waals surface area contributed by atoms with E-state index in [2.05, 4.69) is 0 Å². The lowest BCUT2D eigenvalue weighted by atomic mass is 9.97. The van der Waals surface area contributed by atoms with Crippen molar-refractivity contribution in [2.75, 3.05) is 13.2 Å². The summed E-state index contributed by atoms with van der Waals surface area (Å²) in [6.45, 7) is -0.0602. The molecule has 7 rings (SSSR count). The van der Waals surface area contributed by atoms with E-state index in [-0.39, 0.29) is 34.2 Å². The van der Waals surface area contributed by atoms with Crippen LogP contribution in [0.5, 0.6) is 28.7 Å². The molecule has 0 bridgehead atoms. The third-order valence-corrected chi connectivity index (χ3v) is 10.8. The van der Waals surface area contributed by atoms with E-state index in [4.69, 9.17) is 37.6 Å². The van der Waals surface area contributed by atoms with Crippen molar-refractivity contribution >= 4 is 23.0 Å². The number of aliphatic hydroxyl groups excluding tert-OH is 9. The largest absolute Gasteiger partial charge is 0.508 e. The fourth-order valence-electron chi connectivity index (χ4n) is 7.19. The van der Waals surface area contributed by atoms with E-state index >= 15 is 0 Å². The third-order valence-electron chi connectivity index (χ3n) is 10.8. The van der Waals surface area contributed by atoms with E-state index in [9.17, 15) is 70.9 Å². The van der Waals surface area contributed by atoms with Crippen LogP contribution in [0.15, 0.2) is 76.0 Å². The Morgan fingerprint density at radius 2 is 1.28 bits per heavy atom. The Morgan fingerprint density at radius 3 is 1.94 bits per heavy atom. The smallest absolute Gasteiger partial charge is 0.330 e. The van der Waals surface area contributed by atoms with Gasteiger partial charge in [0.15, 0.2) is 12.1 Å². The van der Waals surface area contributed by atoms with Gasteiger partial charge in [-0.05, 0) is 55.0 Å². The van der Waals surface area contributed by atoms with E-state index < -0.39 is 134 Å². The number of hydrogen-bond acceptors (Lipinski definition) is 22. The Balaban J connectivity index is 1.10. The van der Waals surface area contributed by atoms with Gasteiger partial charge in [0.2, 0.25) is 23.8 Å². The molecule has 22 nitrogen and oxygen atoms in total. The van der Waals surface area contributed by atoms with Gasteiger partial charge < -0.3 is 98.9 Å². The van der Waals surface area contributed by atoms with E-state index in [1.165, 1.54) is 61.5 Å². The zero-order valence-corrected chi connectivity index (χ0v) is 33.5. The molecular formula is C42H46O22. The molecule has 4 heterocycles. The molecule has 0 aliphatic carbocycles. The van der Waals surface area contributed by atoms with Gasteiger partial charge in [-0.2, -0.15) is 0 Å². The maximum Gasteiger partial charge on any atom is 0.330 e. The number of phenolic OH excluding ortho intramolecular Hbond substituents is 3. The molecule has 0 saturated carbocycles. The van der Waals surface area contributed by atoms with Crippen LogP contribution in [0.25, 0.3) is 28.4 Å². The Hall–Kier alpha value is -5.44. The molecule has 3 fully saturated rings. The highest BCUT2D eigenvalue weighted by molar-refractivity contribution is 5.88. The molecule has 4 aromatic rings. The van der Waals surface area contributed by atoms with Gasteiger partial charge >= 0.3 is 5.97 Å². The average molecular weight is 903 g/mol. The first kappa shape index (κ1) is 46.5. The van der Waals surface area contributed by atoms with Crippen molar-refractivity contribution in [3.05, 3.63) is 82.5 Å². The maximum atomic E-state index is 14.1. The van der Waals surface area contributed by atoms with Crippen molar-refractivity contribution in [2.45, 2.75) is 99.0 Å². The SMILES string of the molecule is CC1OC(Oc2cc(O)c3c(=O)c(OC4OC(CO)C(O)C(O)C4O)c(-c4ccc(O)cc4)oc3c2)C(O)C(OC2OC(COC(=O)C=Cc3ccc(O)cc3)C(O)C(O)C2O)C1O. The molecule has 15 unspecified atom stereocenters. The molecule has 346 valence electrons. The van der Waals surface area contributed by atoms with Gasteiger partial charge in [0, 0.05) is 23.8 Å². The lowest BCUT2D eigenvalue weighted by molar-refractivity contribution is -0.350. The van der Waals surface area contributed by atoms with Crippen molar-refractivity contribution in [3.8, 4) is 40.1 Å².